The third-order valence-corrected chi connectivity index (χ3v) is 3.21. The van der Waals surface area contributed by atoms with E-state index in [2.05, 4.69) is 0 Å². The number of hydrogen-bond acceptors (Lipinski definition) is 4. The first kappa shape index (κ1) is 7.76. The summed E-state index contributed by atoms with van der Waals surface area (Å²) in [5, 5.41) is 0. The number of rotatable bonds is 0. The highest BCUT2D eigenvalue weighted by molar-refractivity contribution is 5.74. The largest absolute Gasteiger partial charge is 0.459 e. The fraction of sp³-hybridized carbons (Fsp3) is 0.889. The van der Waals surface area contributed by atoms with Gasteiger partial charge in [-0.15, -0.1) is 0 Å². The molecule has 3 saturated heterocycles. The highest BCUT2D eigenvalue weighted by Crippen LogP contribution is 2.51. The Labute approximate surface area is 76.1 Å². The van der Waals surface area contributed by atoms with Crippen LogP contribution in [0.15, 0.2) is 0 Å². The molecule has 3 fully saturated rings. The highest BCUT2D eigenvalue weighted by Gasteiger charge is 2.63. The predicted molar refractivity (Wildman–Crippen MR) is 41.9 cm³/mol. The molecule has 13 heavy (non-hydrogen) atoms. The quantitative estimate of drug-likeness (QED) is 0.517. The van der Waals surface area contributed by atoms with Gasteiger partial charge in [-0.2, -0.15) is 0 Å². The summed E-state index contributed by atoms with van der Waals surface area (Å²) >= 11 is 0. The Morgan fingerprint density at radius 3 is 3.23 bits per heavy atom. The molecule has 3 aliphatic heterocycles. The van der Waals surface area contributed by atoms with Crippen LogP contribution in [0.2, 0.25) is 0 Å². The van der Waals surface area contributed by atoms with Gasteiger partial charge in [0.05, 0.1) is 13.0 Å². The molecule has 4 heteroatoms. The van der Waals surface area contributed by atoms with Crippen molar-refractivity contribution in [3.05, 3.63) is 0 Å². The van der Waals surface area contributed by atoms with Gasteiger partial charge in [0, 0.05) is 12.8 Å². The van der Waals surface area contributed by atoms with Crippen LogP contribution in [0, 0.1) is 0 Å². The lowest BCUT2D eigenvalue weighted by molar-refractivity contribution is -0.278. The van der Waals surface area contributed by atoms with Crippen LogP contribution in [-0.4, -0.2) is 30.1 Å². The molecule has 3 atom stereocenters. The van der Waals surface area contributed by atoms with Crippen molar-refractivity contribution in [2.24, 2.45) is 0 Å². The summed E-state index contributed by atoms with van der Waals surface area (Å²) in [4.78, 5) is 11.1. The lowest BCUT2D eigenvalue weighted by atomic mass is 9.92. The van der Waals surface area contributed by atoms with Gasteiger partial charge in [0.15, 0.2) is 5.79 Å². The first-order chi connectivity index (χ1) is 6.12. The SMILES string of the molecule is C[C@]12C[C@H]3OC(=O)C[C@@]3(CCO1)O2. The maximum Gasteiger partial charge on any atom is 0.309 e. The number of carbonyl (C=O) groups is 1. The molecular formula is C9H12O4. The molecule has 0 aromatic heterocycles. The van der Waals surface area contributed by atoms with Gasteiger partial charge in [-0.25, -0.2) is 0 Å². The maximum atomic E-state index is 11.1. The van der Waals surface area contributed by atoms with Crippen LogP contribution in [0.3, 0.4) is 0 Å². The Morgan fingerprint density at radius 1 is 1.54 bits per heavy atom. The van der Waals surface area contributed by atoms with E-state index in [0.717, 1.165) is 6.42 Å². The molecule has 3 rings (SSSR count). The van der Waals surface area contributed by atoms with Gasteiger partial charge in [0.2, 0.25) is 0 Å². The number of carbonyl (C=O) groups excluding carboxylic acids is 1. The number of hydrogen-bond donors (Lipinski definition) is 0. The second-order valence-electron chi connectivity index (χ2n) is 4.26. The predicted octanol–water partition coefficient (Wildman–Crippen LogP) is 0.598. The third-order valence-electron chi connectivity index (χ3n) is 3.21. The van der Waals surface area contributed by atoms with Crippen LogP contribution < -0.4 is 0 Å². The van der Waals surface area contributed by atoms with E-state index in [-0.39, 0.29) is 17.7 Å². The summed E-state index contributed by atoms with van der Waals surface area (Å²) in [7, 11) is 0. The van der Waals surface area contributed by atoms with Gasteiger partial charge in [-0.05, 0) is 6.92 Å². The zero-order chi connectivity index (χ0) is 9.10. The zero-order valence-corrected chi connectivity index (χ0v) is 7.54. The lowest BCUT2D eigenvalue weighted by Gasteiger charge is -2.35. The van der Waals surface area contributed by atoms with Gasteiger partial charge in [0.1, 0.15) is 11.7 Å². The van der Waals surface area contributed by atoms with Crippen molar-refractivity contribution in [3.8, 4) is 0 Å². The average molecular weight is 184 g/mol. The van der Waals surface area contributed by atoms with E-state index >= 15 is 0 Å². The molecule has 3 aliphatic rings. The normalized spacial score (nSPS) is 53.3. The second kappa shape index (κ2) is 2.07. The Bertz CT molecular complexity index is 277. The van der Waals surface area contributed by atoms with Crippen molar-refractivity contribution in [1.29, 1.82) is 0 Å². The third kappa shape index (κ3) is 0.901. The van der Waals surface area contributed by atoms with Crippen LogP contribution in [0.1, 0.15) is 26.2 Å². The highest BCUT2D eigenvalue weighted by atomic mass is 16.7. The number of fused-ring (bicyclic) bond motifs is 1. The summed E-state index contributed by atoms with van der Waals surface area (Å²) < 4.78 is 16.5. The van der Waals surface area contributed by atoms with E-state index in [4.69, 9.17) is 14.2 Å². The molecule has 1 spiro atoms. The van der Waals surface area contributed by atoms with Crippen molar-refractivity contribution in [1.82, 2.24) is 0 Å². The lowest BCUT2D eigenvalue weighted by Crippen LogP contribution is -2.43. The van der Waals surface area contributed by atoms with E-state index in [1.807, 2.05) is 6.92 Å². The molecule has 0 radical (unpaired) electrons. The standard InChI is InChI=1S/C9H12O4/c1-8-4-6-9(13-8,2-3-11-8)5-7(10)12-6/h6H,2-5H2,1H3/t6-,8+,9-/m1/s1. The molecule has 72 valence electrons. The van der Waals surface area contributed by atoms with E-state index in [1.165, 1.54) is 0 Å². The van der Waals surface area contributed by atoms with Gasteiger partial charge >= 0.3 is 5.97 Å². The summed E-state index contributed by atoms with van der Waals surface area (Å²) in [5.41, 5.74) is -0.357. The minimum Gasteiger partial charge on any atom is -0.459 e. The minimum atomic E-state index is -0.510. The molecule has 0 saturated carbocycles. The number of ether oxygens (including phenoxy) is 3. The fourth-order valence-corrected chi connectivity index (χ4v) is 2.63. The molecule has 0 amide bonds. The Balaban J connectivity index is 1.97. The summed E-state index contributed by atoms with van der Waals surface area (Å²) in [6.45, 7) is 2.59. The van der Waals surface area contributed by atoms with Gasteiger partial charge < -0.3 is 14.2 Å². The van der Waals surface area contributed by atoms with E-state index in [1.54, 1.807) is 0 Å². The molecule has 0 aliphatic carbocycles. The van der Waals surface area contributed by atoms with E-state index in [9.17, 15) is 4.79 Å². The first-order valence-corrected chi connectivity index (χ1v) is 4.66. The summed E-state index contributed by atoms with van der Waals surface area (Å²) in [5.74, 6) is -0.641. The average Bonchev–Trinajstić information content (AvgIpc) is 2.33. The topological polar surface area (TPSA) is 44.8 Å². The number of esters is 1. The van der Waals surface area contributed by atoms with E-state index in [0.29, 0.717) is 19.4 Å². The van der Waals surface area contributed by atoms with Crippen molar-refractivity contribution < 1.29 is 19.0 Å². The van der Waals surface area contributed by atoms with Gasteiger partial charge in [0.25, 0.3) is 0 Å². The smallest absolute Gasteiger partial charge is 0.309 e. The second-order valence-corrected chi connectivity index (χ2v) is 4.26. The molecule has 3 heterocycles. The van der Waals surface area contributed by atoms with Crippen LogP contribution in [-0.2, 0) is 19.0 Å². The minimum absolute atomic E-state index is 0.0764. The summed E-state index contributed by atoms with van der Waals surface area (Å²) in [6, 6.07) is 0. The van der Waals surface area contributed by atoms with Crippen molar-refractivity contribution in [2.75, 3.05) is 6.61 Å². The maximum absolute atomic E-state index is 11.1. The van der Waals surface area contributed by atoms with Crippen LogP contribution in [0.5, 0.6) is 0 Å². The Kier molecular flexibility index (Phi) is 1.23. The van der Waals surface area contributed by atoms with Crippen LogP contribution in [0.4, 0.5) is 0 Å². The molecule has 0 aromatic carbocycles. The van der Waals surface area contributed by atoms with Gasteiger partial charge in [-0.1, -0.05) is 0 Å². The van der Waals surface area contributed by atoms with Crippen LogP contribution >= 0.6 is 0 Å². The van der Waals surface area contributed by atoms with Crippen molar-refractivity contribution >= 4 is 5.97 Å². The van der Waals surface area contributed by atoms with Crippen molar-refractivity contribution in [2.45, 2.75) is 43.7 Å². The molecule has 0 unspecified atom stereocenters. The zero-order valence-electron chi connectivity index (χ0n) is 7.54. The molecule has 0 aromatic rings. The molecule has 0 N–H and O–H groups in total. The van der Waals surface area contributed by atoms with E-state index < -0.39 is 5.79 Å². The molecule has 4 nitrogen and oxygen atoms in total. The van der Waals surface area contributed by atoms with Gasteiger partial charge in [-0.3, -0.25) is 4.79 Å². The molecule has 2 bridgehead atoms. The van der Waals surface area contributed by atoms with Crippen molar-refractivity contribution in [3.63, 3.8) is 0 Å². The molecular weight excluding hydrogens is 172 g/mol. The Morgan fingerprint density at radius 2 is 2.38 bits per heavy atom. The van der Waals surface area contributed by atoms with Crippen LogP contribution in [0.25, 0.3) is 0 Å². The summed E-state index contributed by atoms with van der Waals surface area (Å²) in [6.07, 6.45) is 1.78. The fourth-order valence-electron chi connectivity index (χ4n) is 2.63. The monoisotopic (exact) mass is 184 g/mol. The Hall–Kier alpha value is -0.610. The first-order valence-electron chi connectivity index (χ1n) is 4.66.